The molecule has 0 heterocycles. The highest BCUT2D eigenvalue weighted by molar-refractivity contribution is 6.43. The van der Waals surface area contributed by atoms with Crippen LogP contribution in [0.25, 0.3) is 0 Å². The van der Waals surface area contributed by atoms with Gasteiger partial charge in [0.05, 0.1) is 27.1 Å². The third-order valence-electron chi connectivity index (χ3n) is 3.12. The molecule has 0 bridgehead atoms. The molecule has 5 nitrogen and oxygen atoms in total. The zero-order chi connectivity index (χ0) is 16.3. The molecule has 0 atom stereocenters. The van der Waals surface area contributed by atoms with Crippen molar-refractivity contribution in [3.63, 3.8) is 0 Å². The number of benzene rings is 2. The molecule has 0 spiro atoms. The molecule has 2 rings (SSSR count). The van der Waals surface area contributed by atoms with Gasteiger partial charge in [0.15, 0.2) is 0 Å². The Balaban J connectivity index is 2.26. The van der Waals surface area contributed by atoms with Crippen LogP contribution in [0.4, 0.5) is 5.69 Å². The zero-order valence-electron chi connectivity index (χ0n) is 11.6. The van der Waals surface area contributed by atoms with Crippen LogP contribution >= 0.6 is 23.2 Å². The molecule has 0 saturated heterocycles. The van der Waals surface area contributed by atoms with Gasteiger partial charge in [-0.05, 0) is 12.1 Å². The van der Waals surface area contributed by atoms with Crippen molar-refractivity contribution in [3.05, 3.63) is 73.8 Å². The Hall–Kier alpha value is -2.11. The first-order valence-corrected chi connectivity index (χ1v) is 7.09. The Morgan fingerprint density at radius 2 is 1.86 bits per heavy atom. The molecule has 7 heteroatoms. The molecule has 0 aliphatic carbocycles. The van der Waals surface area contributed by atoms with E-state index in [-0.39, 0.29) is 33.7 Å². The van der Waals surface area contributed by atoms with Gasteiger partial charge < -0.3 is 4.90 Å². The number of halogens is 2. The van der Waals surface area contributed by atoms with E-state index in [1.807, 2.05) is 0 Å². The minimum atomic E-state index is -0.472. The summed E-state index contributed by atoms with van der Waals surface area (Å²) >= 11 is 11.9. The minimum absolute atomic E-state index is 0.0284. The molecular weight excluding hydrogens is 327 g/mol. The Morgan fingerprint density at radius 1 is 1.18 bits per heavy atom. The summed E-state index contributed by atoms with van der Waals surface area (Å²) in [7, 11) is 1.55. The van der Waals surface area contributed by atoms with Crippen molar-refractivity contribution in [2.75, 3.05) is 7.05 Å². The maximum atomic E-state index is 12.4. The second kappa shape index (κ2) is 6.77. The van der Waals surface area contributed by atoms with Crippen molar-refractivity contribution in [3.8, 4) is 0 Å². The maximum Gasteiger partial charge on any atom is 0.274 e. The van der Waals surface area contributed by atoms with Crippen LogP contribution in [-0.4, -0.2) is 22.8 Å². The standard InChI is InChI=1S/C15H12Cl2N2O3/c1-18(9-10-5-2-3-8-13(10)19(21)22)15(20)11-6-4-7-12(16)14(11)17/h2-8H,9H2,1H3. The van der Waals surface area contributed by atoms with E-state index >= 15 is 0 Å². The minimum Gasteiger partial charge on any atom is -0.337 e. The van der Waals surface area contributed by atoms with Crippen molar-refractivity contribution in [2.45, 2.75) is 6.54 Å². The highest BCUT2D eigenvalue weighted by Gasteiger charge is 2.20. The number of carbonyl (C=O) groups excluding carboxylic acids is 1. The van der Waals surface area contributed by atoms with Crippen molar-refractivity contribution in [1.29, 1.82) is 0 Å². The number of carbonyl (C=O) groups is 1. The number of para-hydroxylation sites is 1. The Kier molecular flexibility index (Phi) is 5.00. The lowest BCUT2D eigenvalue weighted by Crippen LogP contribution is -2.26. The molecule has 0 unspecified atom stereocenters. The van der Waals surface area contributed by atoms with Crippen LogP contribution in [0.2, 0.25) is 10.0 Å². The summed E-state index contributed by atoms with van der Waals surface area (Å²) in [5.74, 6) is -0.356. The van der Waals surface area contributed by atoms with E-state index in [2.05, 4.69) is 0 Å². The Labute approximate surface area is 137 Å². The summed E-state index contributed by atoms with van der Waals surface area (Å²) in [6, 6.07) is 11.1. The summed E-state index contributed by atoms with van der Waals surface area (Å²) in [5.41, 5.74) is 0.677. The number of nitrogens with zero attached hydrogens (tertiary/aromatic N) is 2. The van der Waals surface area contributed by atoms with Gasteiger partial charge in [-0.1, -0.05) is 47.5 Å². The first-order valence-electron chi connectivity index (χ1n) is 6.33. The van der Waals surface area contributed by atoms with Gasteiger partial charge in [0.2, 0.25) is 0 Å². The molecule has 0 aromatic heterocycles. The fraction of sp³-hybridized carbons (Fsp3) is 0.133. The fourth-order valence-corrected chi connectivity index (χ4v) is 2.41. The number of rotatable bonds is 4. The van der Waals surface area contributed by atoms with E-state index in [1.54, 1.807) is 43.4 Å². The molecule has 0 aliphatic rings. The Morgan fingerprint density at radius 3 is 2.55 bits per heavy atom. The smallest absolute Gasteiger partial charge is 0.274 e. The van der Waals surface area contributed by atoms with Crippen LogP contribution in [0, 0.1) is 10.1 Å². The van der Waals surface area contributed by atoms with Crippen LogP contribution in [0.1, 0.15) is 15.9 Å². The molecular formula is C15H12Cl2N2O3. The van der Waals surface area contributed by atoms with Crippen molar-refractivity contribution >= 4 is 34.8 Å². The SMILES string of the molecule is CN(Cc1ccccc1[N+](=O)[O-])C(=O)c1cccc(Cl)c1Cl. The van der Waals surface area contributed by atoms with Gasteiger partial charge in [0.1, 0.15) is 0 Å². The number of amides is 1. The lowest BCUT2D eigenvalue weighted by atomic mass is 10.1. The normalized spacial score (nSPS) is 10.3. The van der Waals surface area contributed by atoms with Gasteiger partial charge in [0, 0.05) is 18.7 Å². The van der Waals surface area contributed by atoms with E-state index in [4.69, 9.17) is 23.2 Å². The number of hydrogen-bond donors (Lipinski definition) is 0. The van der Waals surface area contributed by atoms with Gasteiger partial charge in [-0.25, -0.2) is 0 Å². The summed E-state index contributed by atoms with van der Waals surface area (Å²) in [6.07, 6.45) is 0. The second-order valence-electron chi connectivity index (χ2n) is 4.65. The van der Waals surface area contributed by atoms with Crippen LogP contribution in [0.3, 0.4) is 0 Å². The maximum absolute atomic E-state index is 12.4. The molecule has 2 aromatic carbocycles. The molecule has 2 aromatic rings. The summed E-state index contributed by atoms with van der Waals surface area (Å²) < 4.78 is 0. The number of nitro benzene ring substituents is 1. The zero-order valence-corrected chi connectivity index (χ0v) is 13.1. The first kappa shape index (κ1) is 16.3. The van der Waals surface area contributed by atoms with Crippen LogP contribution < -0.4 is 0 Å². The average Bonchev–Trinajstić information content (AvgIpc) is 2.49. The molecule has 0 fully saturated rings. The molecule has 22 heavy (non-hydrogen) atoms. The topological polar surface area (TPSA) is 63.4 Å². The van der Waals surface area contributed by atoms with E-state index in [0.29, 0.717) is 5.56 Å². The van der Waals surface area contributed by atoms with Crippen LogP contribution in [0.15, 0.2) is 42.5 Å². The Bertz CT molecular complexity index is 734. The molecule has 0 radical (unpaired) electrons. The van der Waals surface area contributed by atoms with E-state index < -0.39 is 4.92 Å². The van der Waals surface area contributed by atoms with Crippen molar-refractivity contribution in [2.24, 2.45) is 0 Å². The summed E-state index contributed by atoms with van der Waals surface area (Å²) in [4.78, 5) is 24.3. The predicted molar refractivity (Wildman–Crippen MR) is 85.4 cm³/mol. The summed E-state index contributed by atoms with van der Waals surface area (Å²) in [5, 5.41) is 11.5. The molecule has 0 saturated carbocycles. The molecule has 114 valence electrons. The van der Waals surface area contributed by atoms with Crippen molar-refractivity contribution < 1.29 is 9.72 Å². The lowest BCUT2D eigenvalue weighted by Gasteiger charge is -2.18. The van der Waals surface area contributed by atoms with Crippen LogP contribution in [0.5, 0.6) is 0 Å². The average molecular weight is 339 g/mol. The molecule has 1 amide bonds. The van der Waals surface area contributed by atoms with Gasteiger partial charge in [-0.2, -0.15) is 0 Å². The largest absolute Gasteiger partial charge is 0.337 e. The predicted octanol–water partition coefficient (Wildman–Crippen LogP) is 4.17. The highest BCUT2D eigenvalue weighted by Crippen LogP contribution is 2.27. The quantitative estimate of drug-likeness (QED) is 0.620. The molecule has 0 aliphatic heterocycles. The van der Waals surface area contributed by atoms with E-state index in [1.165, 1.54) is 11.0 Å². The van der Waals surface area contributed by atoms with Crippen LogP contribution in [-0.2, 0) is 6.54 Å². The van der Waals surface area contributed by atoms with Gasteiger partial charge >= 0.3 is 0 Å². The van der Waals surface area contributed by atoms with Gasteiger partial charge in [-0.15, -0.1) is 0 Å². The lowest BCUT2D eigenvalue weighted by molar-refractivity contribution is -0.385. The van der Waals surface area contributed by atoms with Crippen molar-refractivity contribution in [1.82, 2.24) is 4.90 Å². The van der Waals surface area contributed by atoms with E-state index in [0.717, 1.165) is 0 Å². The number of hydrogen-bond acceptors (Lipinski definition) is 3. The van der Waals surface area contributed by atoms with E-state index in [9.17, 15) is 14.9 Å². The highest BCUT2D eigenvalue weighted by atomic mass is 35.5. The monoisotopic (exact) mass is 338 g/mol. The summed E-state index contributed by atoms with van der Waals surface area (Å²) in [6.45, 7) is 0.0961. The van der Waals surface area contributed by atoms with Gasteiger partial charge in [-0.3, -0.25) is 14.9 Å². The van der Waals surface area contributed by atoms with Gasteiger partial charge in [0.25, 0.3) is 11.6 Å². The third kappa shape index (κ3) is 3.37. The number of nitro groups is 1. The molecule has 0 N–H and O–H groups in total. The third-order valence-corrected chi connectivity index (χ3v) is 3.94. The fourth-order valence-electron chi connectivity index (χ4n) is 2.02. The second-order valence-corrected chi connectivity index (χ2v) is 5.43. The first-order chi connectivity index (χ1) is 10.4.